The molecule has 1 heterocycles. The number of benzene rings is 1. The SMILES string of the molecule is CCOCCc1ccc(CC(C)NCC(O)c2csc(C(F)(F)F)n2)cc1. The maximum absolute atomic E-state index is 12.6. The van der Waals surface area contributed by atoms with Crippen LogP contribution in [0.3, 0.4) is 0 Å². The molecule has 0 aliphatic carbocycles. The number of hydrogen-bond donors (Lipinski definition) is 2. The lowest BCUT2D eigenvalue weighted by Crippen LogP contribution is -2.32. The lowest BCUT2D eigenvalue weighted by atomic mass is 10.0. The van der Waals surface area contributed by atoms with Crippen molar-refractivity contribution in [3.8, 4) is 0 Å². The smallest absolute Gasteiger partial charge is 0.385 e. The highest BCUT2D eigenvalue weighted by Gasteiger charge is 2.35. The predicted molar refractivity (Wildman–Crippen MR) is 99.9 cm³/mol. The molecule has 2 rings (SSSR count). The number of aromatic nitrogens is 1. The van der Waals surface area contributed by atoms with Gasteiger partial charge >= 0.3 is 6.18 Å². The van der Waals surface area contributed by atoms with E-state index in [0.717, 1.165) is 18.4 Å². The number of halogens is 3. The van der Waals surface area contributed by atoms with Gasteiger partial charge in [0.05, 0.1) is 12.3 Å². The van der Waals surface area contributed by atoms with Crippen LogP contribution in [0, 0.1) is 0 Å². The minimum absolute atomic E-state index is 0.0469. The molecule has 0 saturated carbocycles. The van der Waals surface area contributed by atoms with E-state index in [1.165, 1.54) is 10.9 Å². The van der Waals surface area contributed by atoms with E-state index in [1.807, 2.05) is 13.8 Å². The summed E-state index contributed by atoms with van der Waals surface area (Å²) >= 11 is 0.497. The van der Waals surface area contributed by atoms with Crippen LogP contribution in [-0.4, -0.2) is 35.9 Å². The van der Waals surface area contributed by atoms with Gasteiger partial charge in [0.25, 0.3) is 0 Å². The second-order valence-corrected chi connectivity index (χ2v) is 7.23. The van der Waals surface area contributed by atoms with Gasteiger partial charge in [-0.25, -0.2) is 4.98 Å². The van der Waals surface area contributed by atoms with Gasteiger partial charge in [0.2, 0.25) is 0 Å². The Morgan fingerprint density at radius 2 is 1.89 bits per heavy atom. The van der Waals surface area contributed by atoms with E-state index in [4.69, 9.17) is 4.74 Å². The molecule has 27 heavy (non-hydrogen) atoms. The van der Waals surface area contributed by atoms with Crippen molar-refractivity contribution in [2.45, 2.75) is 45.0 Å². The number of hydrogen-bond acceptors (Lipinski definition) is 5. The minimum Gasteiger partial charge on any atom is -0.385 e. The van der Waals surface area contributed by atoms with Gasteiger partial charge in [-0.2, -0.15) is 13.2 Å². The van der Waals surface area contributed by atoms with Crippen molar-refractivity contribution in [1.82, 2.24) is 10.3 Å². The summed E-state index contributed by atoms with van der Waals surface area (Å²) in [6.07, 6.45) is -3.91. The van der Waals surface area contributed by atoms with Crippen molar-refractivity contribution < 1.29 is 23.0 Å². The monoisotopic (exact) mass is 402 g/mol. The Labute approximate surface area is 161 Å². The molecular formula is C19H25F3N2O2S. The zero-order valence-corrected chi connectivity index (χ0v) is 16.2. The number of aliphatic hydroxyl groups is 1. The Hall–Kier alpha value is -1.48. The number of alkyl halides is 3. The van der Waals surface area contributed by atoms with E-state index in [9.17, 15) is 18.3 Å². The maximum atomic E-state index is 12.6. The summed E-state index contributed by atoms with van der Waals surface area (Å²) in [5.41, 5.74) is 2.41. The quantitative estimate of drug-likeness (QED) is 0.590. The number of nitrogens with zero attached hydrogens (tertiary/aromatic N) is 1. The molecule has 0 radical (unpaired) electrons. The van der Waals surface area contributed by atoms with Gasteiger partial charge in [0, 0.05) is 24.6 Å². The zero-order chi connectivity index (χ0) is 19.9. The highest BCUT2D eigenvalue weighted by Crippen LogP contribution is 2.32. The van der Waals surface area contributed by atoms with Crippen LogP contribution in [-0.2, 0) is 23.8 Å². The molecule has 0 saturated heterocycles. The van der Waals surface area contributed by atoms with E-state index in [2.05, 4.69) is 34.6 Å². The molecule has 4 nitrogen and oxygen atoms in total. The van der Waals surface area contributed by atoms with E-state index >= 15 is 0 Å². The molecule has 0 bridgehead atoms. The van der Waals surface area contributed by atoms with Gasteiger partial charge in [0.1, 0.15) is 6.10 Å². The van der Waals surface area contributed by atoms with Crippen LogP contribution < -0.4 is 5.32 Å². The van der Waals surface area contributed by atoms with E-state index in [1.54, 1.807) is 0 Å². The normalized spacial score (nSPS) is 14.3. The second kappa shape index (κ2) is 10.2. The van der Waals surface area contributed by atoms with Gasteiger partial charge in [-0.05, 0) is 37.8 Å². The molecule has 2 atom stereocenters. The molecule has 8 heteroatoms. The molecule has 0 aliphatic rings. The van der Waals surface area contributed by atoms with Crippen molar-refractivity contribution in [2.24, 2.45) is 0 Å². The van der Waals surface area contributed by atoms with Crippen LogP contribution in [0.1, 0.15) is 41.8 Å². The first-order chi connectivity index (χ1) is 12.8. The molecule has 150 valence electrons. The number of rotatable bonds is 10. The molecule has 2 aromatic rings. The number of nitrogens with one attached hydrogen (secondary N) is 1. The molecule has 0 spiro atoms. The summed E-state index contributed by atoms with van der Waals surface area (Å²) in [4.78, 5) is 3.48. The second-order valence-electron chi connectivity index (χ2n) is 6.37. The summed E-state index contributed by atoms with van der Waals surface area (Å²) in [7, 11) is 0. The van der Waals surface area contributed by atoms with Crippen molar-refractivity contribution in [2.75, 3.05) is 19.8 Å². The maximum Gasteiger partial charge on any atom is 0.443 e. The third kappa shape index (κ3) is 7.21. The fraction of sp³-hybridized carbons (Fsp3) is 0.526. The highest BCUT2D eigenvalue weighted by molar-refractivity contribution is 7.09. The van der Waals surface area contributed by atoms with Gasteiger partial charge in [-0.1, -0.05) is 24.3 Å². The van der Waals surface area contributed by atoms with Crippen LogP contribution in [0.15, 0.2) is 29.6 Å². The van der Waals surface area contributed by atoms with E-state index < -0.39 is 17.3 Å². The van der Waals surface area contributed by atoms with Gasteiger partial charge in [0.15, 0.2) is 5.01 Å². The first kappa shape index (κ1) is 21.8. The van der Waals surface area contributed by atoms with Crippen molar-refractivity contribution in [1.29, 1.82) is 0 Å². The molecule has 0 aliphatic heterocycles. The number of ether oxygens (including phenoxy) is 1. The topological polar surface area (TPSA) is 54.4 Å². The number of thiazole rings is 1. The summed E-state index contributed by atoms with van der Waals surface area (Å²) in [5.74, 6) is 0. The average molecular weight is 402 g/mol. The lowest BCUT2D eigenvalue weighted by molar-refractivity contribution is -0.137. The van der Waals surface area contributed by atoms with Crippen LogP contribution in [0.2, 0.25) is 0 Å². The molecule has 2 N–H and O–H groups in total. The third-order valence-corrected chi connectivity index (χ3v) is 4.97. The van der Waals surface area contributed by atoms with E-state index in [0.29, 0.717) is 24.6 Å². The number of aliphatic hydroxyl groups excluding tert-OH is 1. The van der Waals surface area contributed by atoms with E-state index in [-0.39, 0.29) is 18.3 Å². The molecule has 1 aromatic heterocycles. The van der Waals surface area contributed by atoms with Crippen molar-refractivity contribution in [3.63, 3.8) is 0 Å². The summed E-state index contributed by atoms with van der Waals surface area (Å²) in [5, 5.41) is 13.5. The first-order valence-corrected chi connectivity index (χ1v) is 9.77. The molecule has 0 amide bonds. The Morgan fingerprint density at radius 1 is 1.22 bits per heavy atom. The van der Waals surface area contributed by atoms with Crippen LogP contribution in [0.4, 0.5) is 13.2 Å². The van der Waals surface area contributed by atoms with Gasteiger partial charge in [-0.3, -0.25) is 0 Å². The zero-order valence-electron chi connectivity index (χ0n) is 15.4. The van der Waals surface area contributed by atoms with Crippen LogP contribution in [0.25, 0.3) is 0 Å². The minimum atomic E-state index is -4.47. The third-order valence-electron chi connectivity index (χ3n) is 4.07. The molecule has 0 fully saturated rings. The predicted octanol–water partition coefficient (Wildman–Crippen LogP) is 4.00. The summed E-state index contributed by atoms with van der Waals surface area (Å²) < 4.78 is 43.1. The Kier molecular flexibility index (Phi) is 8.22. The fourth-order valence-corrected chi connectivity index (χ4v) is 3.32. The Bertz CT molecular complexity index is 689. The van der Waals surface area contributed by atoms with Crippen LogP contribution >= 0.6 is 11.3 Å². The molecular weight excluding hydrogens is 377 g/mol. The largest absolute Gasteiger partial charge is 0.443 e. The lowest BCUT2D eigenvalue weighted by Gasteiger charge is -2.16. The Balaban J connectivity index is 1.78. The summed E-state index contributed by atoms with van der Waals surface area (Å²) in [6, 6.07) is 8.33. The van der Waals surface area contributed by atoms with Gasteiger partial charge in [-0.15, -0.1) is 11.3 Å². The summed E-state index contributed by atoms with van der Waals surface area (Å²) in [6.45, 7) is 5.51. The van der Waals surface area contributed by atoms with Crippen molar-refractivity contribution >= 4 is 11.3 Å². The fourth-order valence-electron chi connectivity index (χ4n) is 2.59. The van der Waals surface area contributed by atoms with Gasteiger partial charge < -0.3 is 15.2 Å². The standard InChI is InChI=1S/C19H25F3N2O2S/c1-3-26-9-8-14-4-6-15(7-5-14)10-13(2)23-11-17(25)16-12-27-18(24-16)19(20,21)22/h4-7,12-13,17,23,25H,3,8-11H2,1-2H3. The highest BCUT2D eigenvalue weighted by atomic mass is 32.1. The first-order valence-electron chi connectivity index (χ1n) is 8.89. The van der Waals surface area contributed by atoms with Crippen LogP contribution in [0.5, 0.6) is 0 Å². The Morgan fingerprint density at radius 3 is 2.48 bits per heavy atom. The molecule has 2 unspecified atom stereocenters. The average Bonchev–Trinajstić information content (AvgIpc) is 3.12. The van der Waals surface area contributed by atoms with Crippen molar-refractivity contribution in [3.05, 3.63) is 51.5 Å². The molecule has 1 aromatic carbocycles.